The number of para-hydroxylation sites is 1. The van der Waals surface area contributed by atoms with Crippen molar-refractivity contribution < 1.29 is 0 Å². The number of rotatable bonds is 5. The number of aromatic nitrogens is 8. The lowest BCUT2D eigenvalue weighted by Crippen LogP contribution is -2.29. The minimum Gasteiger partial charge on any atom is -0.262 e. The van der Waals surface area contributed by atoms with Gasteiger partial charge < -0.3 is 0 Å². The molecule has 8 heteroatoms. The predicted molar refractivity (Wildman–Crippen MR) is 225 cm³/mol. The van der Waals surface area contributed by atoms with E-state index in [1.54, 1.807) is 12.4 Å². The molecule has 0 N–H and O–H groups in total. The maximum Gasteiger partial charge on any atom is 0.242 e. The van der Waals surface area contributed by atoms with Crippen molar-refractivity contribution >= 4 is 44.0 Å². The van der Waals surface area contributed by atoms with E-state index < -0.39 is 5.41 Å². The average Bonchev–Trinajstić information content (AvgIpc) is 3.92. The molecule has 11 aromatic rings. The quantitative estimate of drug-likeness (QED) is 0.175. The van der Waals surface area contributed by atoms with Crippen molar-refractivity contribution in [3.8, 4) is 34.4 Å². The Kier molecular flexibility index (Phi) is 6.68. The lowest BCUT2D eigenvalue weighted by Gasteiger charge is -2.35. The fourth-order valence-electron chi connectivity index (χ4n) is 9.22. The Bertz CT molecular complexity index is 3090. The monoisotopic (exact) mass is 730 g/mol. The third-order valence-corrected chi connectivity index (χ3v) is 11.4. The maximum atomic E-state index is 5.46. The van der Waals surface area contributed by atoms with Crippen LogP contribution in [0, 0.1) is 0 Å². The van der Waals surface area contributed by atoms with Crippen molar-refractivity contribution in [1.82, 2.24) is 39.0 Å². The van der Waals surface area contributed by atoms with Crippen LogP contribution in [0.2, 0.25) is 0 Å². The second kappa shape index (κ2) is 12.1. The molecule has 0 amide bonds. The van der Waals surface area contributed by atoms with Crippen LogP contribution in [-0.2, 0) is 5.41 Å². The summed E-state index contributed by atoms with van der Waals surface area (Å²) in [4.78, 5) is 30.9. The summed E-state index contributed by atoms with van der Waals surface area (Å²) < 4.78 is 4.01. The first-order chi connectivity index (χ1) is 28.3. The van der Waals surface area contributed by atoms with E-state index in [-0.39, 0.29) is 0 Å². The van der Waals surface area contributed by atoms with Gasteiger partial charge in [0, 0.05) is 45.7 Å². The molecule has 5 aromatic carbocycles. The van der Waals surface area contributed by atoms with Crippen LogP contribution in [0.25, 0.3) is 78.4 Å². The van der Waals surface area contributed by atoms with E-state index in [1.165, 1.54) is 11.1 Å². The van der Waals surface area contributed by atoms with Gasteiger partial charge in [-0.25, -0.2) is 19.5 Å². The summed E-state index contributed by atoms with van der Waals surface area (Å²) in [5.74, 6) is 1.38. The minimum atomic E-state index is -0.678. The Balaban J connectivity index is 1.24. The first kappa shape index (κ1) is 31.5. The number of hydrogen-bond acceptors (Lipinski definition) is 6. The fourth-order valence-corrected chi connectivity index (χ4v) is 9.22. The summed E-state index contributed by atoms with van der Waals surface area (Å²) in [5, 5.41) is 4.00. The number of fused-ring (bicyclic) bond motifs is 9. The molecule has 0 bridgehead atoms. The molecule has 0 radical (unpaired) electrons. The molecule has 12 rings (SSSR count). The van der Waals surface area contributed by atoms with E-state index in [1.807, 2.05) is 39.6 Å². The molecule has 6 heterocycles. The SMILES string of the molecule is c1ccc(C2(c3ccccc3)c3ccccc3-c3cccc(-c4nc(-n5c6ccccc6c6cccnc65)nc(-n5c6ncccc6c6cccnc65)n4)c32)cc1. The van der Waals surface area contributed by atoms with Gasteiger partial charge in [-0.15, -0.1) is 0 Å². The summed E-state index contributed by atoms with van der Waals surface area (Å²) in [5.41, 5.74) is 10.3. The van der Waals surface area contributed by atoms with Crippen LogP contribution in [0.4, 0.5) is 0 Å². The Morgan fingerprint density at radius 3 is 1.53 bits per heavy atom. The van der Waals surface area contributed by atoms with Crippen LogP contribution in [0.3, 0.4) is 0 Å². The van der Waals surface area contributed by atoms with Gasteiger partial charge in [-0.05, 0) is 75.8 Å². The second-order valence-corrected chi connectivity index (χ2v) is 14.3. The smallest absolute Gasteiger partial charge is 0.242 e. The summed E-state index contributed by atoms with van der Waals surface area (Å²) in [6, 6.07) is 57.3. The molecular formula is C49H30N8. The van der Waals surface area contributed by atoms with Gasteiger partial charge in [-0.3, -0.25) is 4.57 Å². The van der Waals surface area contributed by atoms with Gasteiger partial charge in [-0.2, -0.15) is 15.0 Å². The first-order valence-electron chi connectivity index (χ1n) is 19.0. The summed E-state index contributed by atoms with van der Waals surface area (Å²) in [6.45, 7) is 0. The highest BCUT2D eigenvalue weighted by Crippen LogP contribution is 2.58. The molecule has 1 aliphatic carbocycles. The van der Waals surface area contributed by atoms with Gasteiger partial charge in [0.15, 0.2) is 5.82 Å². The number of hydrogen-bond donors (Lipinski definition) is 0. The highest BCUT2D eigenvalue weighted by atomic mass is 15.3. The lowest BCUT2D eigenvalue weighted by atomic mass is 9.66. The zero-order valence-electron chi connectivity index (χ0n) is 30.4. The summed E-state index contributed by atoms with van der Waals surface area (Å²) in [7, 11) is 0. The molecule has 0 atom stereocenters. The molecular weight excluding hydrogens is 701 g/mol. The number of nitrogens with zero attached hydrogens (tertiary/aromatic N) is 8. The van der Waals surface area contributed by atoms with Crippen molar-refractivity contribution in [1.29, 1.82) is 0 Å². The average molecular weight is 731 g/mol. The molecule has 0 unspecified atom stereocenters. The van der Waals surface area contributed by atoms with E-state index >= 15 is 0 Å². The third kappa shape index (κ3) is 4.37. The summed E-state index contributed by atoms with van der Waals surface area (Å²) >= 11 is 0. The van der Waals surface area contributed by atoms with Gasteiger partial charge in [0.1, 0.15) is 16.9 Å². The molecule has 57 heavy (non-hydrogen) atoms. The molecule has 0 aliphatic heterocycles. The lowest BCUT2D eigenvalue weighted by molar-refractivity contribution is 0.767. The molecule has 1 aliphatic rings. The minimum absolute atomic E-state index is 0.410. The van der Waals surface area contributed by atoms with Crippen LogP contribution >= 0.6 is 0 Å². The highest BCUT2D eigenvalue weighted by Gasteiger charge is 2.48. The van der Waals surface area contributed by atoms with E-state index in [9.17, 15) is 0 Å². The van der Waals surface area contributed by atoms with Crippen LogP contribution < -0.4 is 0 Å². The van der Waals surface area contributed by atoms with Crippen molar-refractivity contribution in [2.75, 3.05) is 0 Å². The van der Waals surface area contributed by atoms with Crippen molar-refractivity contribution in [3.63, 3.8) is 0 Å². The zero-order valence-corrected chi connectivity index (χ0v) is 30.4. The maximum absolute atomic E-state index is 5.46. The largest absolute Gasteiger partial charge is 0.262 e. The molecule has 0 saturated carbocycles. The molecule has 0 fully saturated rings. The second-order valence-electron chi connectivity index (χ2n) is 14.3. The van der Waals surface area contributed by atoms with Crippen molar-refractivity contribution in [3.05, 3.63) is 205 Å². The Hall–Kier alpha value is -7.84. The third-order valence-electron chi connectivity index (χ3n) is 11.4. The molecule has 0 saturated heterocycles. The molecule has 0 spiro atoms. The fraction of sp³-hybridized carbons (Fsp3) is 0.0204. The molecule has 6 aromatic heterocycles. The normalized spacial score (nSPS) is 13.1. The van der Waals surface area contributed by atoms with Crippen molar-refractivity contribution in [2.45, 2.75) is 5.41 Å². The van der Waals surface area contributed by atoms with Crippen LogP contribution in [0.5, 0.6) is 0 Å². The number of pyridine rings is 3. The van der Waals surface area contributed by atoms with E-state index in [4.69, 9.17) is 29.9 Å². The number of benzene rings is 5. The van der Waals surface area contributed by atoms with Gasteiger partial charge in [0.2, 0.25) is 11.9 Å². The Labute approximate surface area is 326 Å². The van der Waals surface area contributed by atoms with E-state index in [2.05, 4.69) is 140 Å². The first-order valence-corrected chi connectivity index (χ1v) is 19.0. The van der Waals surface area contributed by atoms with Crippen LogP contribution in [-0.4, -0.2) is 39.0 Å². The highest BCUT2D eigenvalue weighted by molar-refractivity contribution is 6.08. The van der Waals surface area contributed by atoms with Crippen molar-refractivity contribution in [2.24, 2.45) is 0 Å². The predicted octanol–water partition coefficient (Wildman–Crippen LogP) is 10.3. The van der Waals surface area contributed by atoms with Gasteiger partial charge in [-0.1, -0.05) is 121 Å². The summed E-state index contributed by atoms with van der Waals surface area (Å²) in [6.07, 6.45) is 5.41. The Morgan fingerprint density at radius 1 is 0.368 bits per heavy atom. The van der Waals surface area contributed by atoms with Crippen LogP contribution in [0.1, 0.15) is 22.3 Å². The van der Waals surface area contributed by atoms with E-state index in [0.717, 1.165) is 60.5 Å². The van der Waals surface area contributed by atoms with Crippen LogP contribution in [0.15, 0.2) is 182 Å². The van der Waals surface area contributed by atoms with Gasteiger partial charge >= 0.3 is 0 Å². The molecule has 266 valence electrons. The Morgan fingerprint density at radius 2 is 0.860 bits per heavy atom. The standard InChI is InChI=1S/C49H30N8/c1-3-15-31(16-4-1)49(32-17-5-2-6-18-32)40-26-9-7-19-33(40)35-21-11-22-39(42(35)49)43-53-47(56-41-27-10-8-20-34(41)36-23-12-28-50-44(36)56)55-48(54-43)57-45-37(24-13-29-51-45)38-25-14-30-52-46(38)57/h1-30H. The topological polar surface area (TPSA) is 87.2 Å². The van der Waals surface area contributed by atoms with Gasteiger partial charge in [0.25, 0.3) is 0 Å². The molecule has 8 nitrogen and oxygen atoms in total. The van der Waals surface area contributed by atoms with E-state index in [0.29, 0.717) is 29.0 Å². The van der Waals surface area contributed by atoms with Gasteiger partial charge in [0.05, 0.1) is 10.9 Å². The zero-order chi connectivity index (χ0) is 37.5.